The number of hydrogen-bond donors (Lipinski definition) is 3. The summed E-state index contributed by atoms with van der Waals surface area (Å²) in [5.41, 5.74) is 2.47. The van der Waals surface area contributed by atoms with Crippen LogP contribution in [0.15, 0.2) is 12.4 Å². The zero-order valence-electron chi connectivity index (χ0n) is 9.15. The van der Waals surface area contributed by atoms with Crippen LogP contribution < -0.4 is 16.6 Å². The summed E-state index contributed by atoms with van der Waals surface area (Å²) in [7, 11) is 0. The molecule has 6 heteroatoms. The second-order valence-corrected chi connectivity index (χ2v) is 3.90. The Hall–Kier alpha value is -1.40. The van der Waals surface area contributed by atoms with E-state index < -0.39 is 0 Å². The van der Waals surface area contributed by atoms with Gasteiger partial charge in [0.2, 0.25) is 0 Å². The van der Waals surface area contributed by atoms with Crippen molar-refractivity contribution in [2.24, 2.45) is 11.8 Å². The van der Waals surface area contributed by atoms with Crippen LogP contribution in [0.5, 0.6) is 0 Å². The summed E-state index contributed by atoms with van der Waals surface area (Å²) >= 11 is 0. The van der Waals surface area contributed by atoms with Gasteiger partial charge in [-0.25, -0.2) is 10.8 Å². The number of anilines is 2. The molecule has 1 fully saturated rings. The van der Waals surface area contributed by atoms with Crippen LogP contribution in [-0.2, 0) is 4.74 Å². The van der Waals surface area contributed by atoms with Crippen LogP contribution in [0.4, 0.5) is 11.6 Å². The zero-order chi connectivity index (χ0) is 11.2. The third-order valence-corrected chi connectivity index (χ3v) is 2.61. The molecule has 2 rings (SSSR count). The van der Waals surface area contributed by atoms with Crippen LogP contribution in [0.1, 0.15) is 12.8 Å². The van der Waals surface area contributed by atoms with Crippen molar-refractivity contribution in [3.8, 4) is 0 Å². The smallest absolute Gasteiger partial charge is 0.160 e. The molecule has 1 aromatic heterocycles. The Morgan fingerprint density at radius 1 is 1.44 bits per heavy atom. The highest BCUT2D eigenvalue weighted by atomic mass is 16.5. The molecule has 1 unspecified atom stereocenters. The second kappa shape index (κ2) is 5.62. The van der Waals surface area contributed by atoms with Crippen LogP contribution in [0, 0.1) is 5.92 Å². The minimum Gasteiger partial charge on any atom is -0.381 e. The van der Waals surface area contributed by atoms with Crippen LogP contribution >= 0.6 is 0 Å². The predicted molar refractivity (Wildman–Crippen MR) is 61.9 cm³/mol. The lowest BCUT2D eigenvalue weighted by molar-refractivity contribution is 0.0595. The highest BCUT2D eigenvalue weighted by Gasteiger charge is 2.13. The average molecular weight is 223 g/mol. The van der Waals surface area contributed by atoms with E-state index in [1.165, 1.54) is 6.42 Å². The standard InChI is InChI=1S/C10H17N5O/c11-15-10-6-12-5-9(14-10)13-4-8-2-1-3-16-7-8/h5-6,8H,1-4,7,11H2,(H2,13,14,15). The van der Waals surface area contributed by atoms with E-state index in [1.807, 2.05) is 0 Å². The van der Waals surface area contributed by atoms with Gasteiger partial charge >= 0.3 is 0 Å². The molecule has 0 bridgehead atoms. The van der Waals surface area contributed by atoms with Crippen molar-refractivity contribution in [1.29, 1.82) is 0 Å². The Morgan fingerprint density at radius 2 is 2.31 bits per heavy atom. The lowest BCUT2D eigenvalue weighted by Gasteiger charge is -2.22. The summed E-state index contributed by atoms with van der Waals surface area (Å²) < 4.78 is 5.41. The van der Waals surface area contributed by atoms with Gasteiger partial charge in [0.1, 0.15) is 5.82 Å². The van der Waals surface area contributed by atoms with E-state index in [-0.39, 0.29) is 0 Å². The number of nitrogens with two attached hydrogens (primary N) is 1. The summed E-state index contributed by atoms with van der Waals surface area (Å²) in [5.74, 6) is 7.11. The van der Waals surface area contributed by atoms with Crippen molar-refractivity contribution in [3.63, 3.8) is 0 Å². The summed E-state index contributed by atoms with van der Waals surface area (Å²) in [5, 5.41) is 3.24. The van der Waals surface area contributed by atoms with Gasteiger partial charge in [-0.2, -0.15) is 0 Å². The Labute approximate surface area is 94.6 Å². The third kappa shape index (κ3) is 3.04. The topological polar surface area (TPSA) is 85.1 Å². The van der Waals surface area contributed by atoms with Crippen LogP contribution in [0.25, 0.3) is 0 Å². The molecule has 0 spiro atoms. The molecule has 1 aromatic rings. The molecule has 0 aliphatic carbocycles. The third-order valence-electron chi connectivity index (χ3n) is 2.61. The molecule has 0 amide bonds. The molecular weight excluding hydrogens is 206 g/mol. The van der Waals surface area contributed by atoms with Crippen molar-refractivity contribution in [2.45, 2.75) is 12.8 Å². The molecule has 0 radical (unpaired) electrons. The minimum atomic E-state index is 0.560. The SMILES string of the molecule is NNc1cncc(NCC2CCCOC2)n1. The lowest BCUT2D eigenvalue weighted by Crippen LogP contribution is -2.24. The molecule has 1 atom stereocenters. The normalized spacial score (nSPS) is 20.4. The van der Waals surface area contributed by atoms with E-state index >= 15 is 0 Å². The Bertz CT molecular complexity index is 327. The summed E-state index contributed by atoms with van der Waals surface area (Å²) in [6.45, 7) is 2.58. The second-order valence-electron chi connectivity index (χ2n) is 3.90. The van der Waals surface area contributed by atoms with Gasteiger partial charge in [-0.05, 0) is 18.8 Å². The number of aromatic nitrogens is 2. The van der Waals surface area contributed by atoms with E-state index in [1.54, 1.807) is 12.4 Å². The molecule has 1 aliphatic heterocycles. The number of nitrogens with one attached hydrogen (secondary N) is 2. The van der Waals surface area contributed by atoms with Crippen molar-refractivity contribution in [2.75, 3.05) is 30.5 Å². The van der Waals surface area contributed by atoms with E-state index in [0.29, 0.717) is 11.7 Å². The number of nitrogens with zero attached hydrogens (tertiary/aromatic N) is 2. The fourth-order valence-electron chi connectivity index (χ4n) is 1.74. The van der Waals surface area contributed by atoms with Crippen molar-refractivity contribution in [1.82, 2.24) is 9.97 Å². The number of ether oxygens (including phenoxy) is 1. The van der Waals surface area contributed by atoms with Crippen LogP contribution in [0.3, 0.4) is 0 Å². The largest absolute Gasteiger partial charge is 0.381 e. The molecule has 0 saturated carbocycles. The van der Waals surface area contributed by atoms with Gasteiger partial charge < -0.3 is 15.5 Å². The highest BCUT2D eigenvalue weighted by Crippen LogP contribution is 2.14. The predicted octanol–water partition coefficient (Wildman–Crippen LogP) is 0.601. The van der Waals surface area contributed by atoms with Gasteiger partial charge in [-0.15, -0.1) is 0 Å². The molecule has 1 aliphatic rings. The summed E-state index contributed by atoms with van der Waals surface area (Å²) in [6, 6.07) is 0. The van der Waals surface area contributed by atoms with E-state index in [2.05, 4.69) is 20.7 Å². The summed E-state index contributed by atoms with van der Waals surface area (Å²) in [4.78, 5) is 8.25. The Morgan fingerprint density at radius 3 is 3.06 bits per heavy atom. The van der Waals surface area contributed by atoms with Gasteiger partial charge in [-0.3, -0.25) is 4.98 Å². The fourth-order valence-corrected chi connectivity index (χ4v) is 1.74. The van der Waals surface area contributed by atoms with Crippen molar-refractivity contribution >= 4 is 11.6 Å². The molecule has 6 nitrogen and oxygen atoms in total. The Kier molecular flexibility index (Phi) is 3.90. The summed E-state index contributed by atoms with van der Waals surface area (Å²) in [6.07, 6.45) is 5.61. The highest BCUT2D eigenvalue weighted by molar-refractivity contribution is 5.40. The maximum Gasteiger partial charge on any atom is 0.160 e. The number of rotatable bonds is 4. The van der Waals surface area contributed by atoms with Gasteiger partial charge in [0.05, 0.1) is 19.0 Å². The van der Waals surface area contributed by atoms with E-state index in [4.69, 9.17) is 10.6 Å². The van der Waals surface area contributed by atoms with Gasteiger partial charge in [-0.1, -0.05) is 0 Å². The monoisotopic (exact) mass is 223 g/mol. The van der Waals surface area contributed by atoms with Gasteiger partial charge in [0.25, 0.3) is 0 Å². The zero-order valence-corrected chi connectivity index (χ0v) is 9.15. The van der Waals surface area contributed by atoms with Crippen LogP contribution in [0.2, 0.25) is 0 Å². The van der Waals surface area contributed by atoms with Crippen molar-refractivity contribution < 1.29 is 4.74 Å². The van der Waals surface area contributed by atoms with Crippen LogP contribution in [-0.4, -0.2) is 29.7 Å². The first-order valence-corrected chi connectivity index (χ1v) is 5.49. The lowest BCUT2D eigenvalue weighted by atomic mass is 10.0. The van der Waals surface area contributed by atoms with E-state index in [0.717, 1.165) is 32.0 Å². The number of nitrogen functional groups attached to an aromatic ring is 1. The molecule has 16 heavy (non-hydrogen) atoms. The molecule has 1 saturated heterocycles. The first-order chi connectivity index (χ1) is 7.88. The molecule has 2 heterocycles. The molecule has 0 aromatic carbocycles. The van der Waals surface area contributed by atoms with E-state index in [9.17, 15) is 0 Å². The molecule has 4 N–H and O–H groups in total. The Balaban J connectivity index is 1.83. The average Bonchev–Trinajstić information content (AvgIpc) is 2.38. The van der Waals surface area contributed by atoms with Gasteiger partial charge in [0, 0.05) is 13.2 Å². The van der Waals surface area contributed by atoms with Crippen molar-refractivity contribution in [3.05, 3.63) is 12.4 Å². The first-order valence-electron chi connectivity index (χ1n) is 5.49. The molecular formula is C10H17N5O. The maximum absolute atomic E-state index is 5.41. The molecule has 88 valence electrons. The van der Waals surface area contributed by atoms with Gasteiger partial charge in [0.15, 0.2) is 5.82 Å². The number of hydrogen-bond acceptors (Lipinski definition) is 6. The fraction of sp³-hybridized carbons (Fsp3) is 0.600. The minimum absolute atomic E-state index is 0.560. The maximum atomic E-state index is 5.41. The quantitative estimate of drug-likeness (QED) is 0.512. The first kappa shape index (κ1) is 11.1. The number of hydrazine groups is 1.